The average Bonchev–Trinajstić information content (AvgIpc) is 2.56. The molecule has 1 aliphatic rings. The monoisotopic (exact) mass is 284 g/mol. The zero-order chi connectivity index (χ0) is 14.7. The summed E-state index contributed by atoms with van der Waals surface area (Å²) in [5.41, 5.74) is 8.21. The lowest BCUT2D eigenvalue weighted by Gasteiger charge is -2.37. The summed E-state index contributed by atoms with van der Waals surface area (Å²) in [6.07, 6.45) is 1.73. The lowest BCUT2D eigenvalue weighted by Crippen LogP contribution is -2.46. The molecule has 0 aliphatic carbocycles. The molecule has 0 amide bonds. The molecule has 21 heavy (non-hydrogen) atoms. The number of piperazine rings is 1. The third-order valence-corrected chi connectivity index (χ3v) is 3.87. The van der Waals surface area contributed by atoms with Crippen molar-refractivity contribution in [3.63, 3.8) is 0 Å². The van der Waals surface area contributed by atoms with Crippen LogP contribution in [0.1, 0.15) is 0 Å². The second-order valence-electron chi connectivity index (χ2n) is 5.08. The molecule has 2 aromatic rings. The number of pyridine rings is 1. The van der Waals surface area contributed by atoms with Gasteiger partial charge in [-0.15, -0.1) is 0 Å². The van der Waals surface area contributed by atoms with Gasteiger partial charge in [-0.1, -0.05) is 0 Å². The molecule has 0 unspecified atom stereocenters. The summed E-state index contributed by atoms with van der Waals surface area (Å²) in [7, 11) is 1.69. The van der Waals surface area contributed by atoms with E-state index < -0.39 is 0 Å². The Kier molecular flexibility index (Phi) is 3.81. The van der Waals surface area contributed by atoms with Crippen LogP contribution < -0.4 is 20.3 Å². The van der Waals surface area contributed by atoms with Gasteiger partial charge < -0.3 is 20.3 Å². The van der Waals surface area contributed by atoms with Crippen LogP contribution in [0.5, 0.6) is 5.75 Å². The Morgan fingerprint density at radius 2 is 1.67 bits per heavy atom. The Bertz CT molecular complexity index is 591. The molecule has 1 aliphatic heterocycles. The molecular formula is C16H20N4O. The van der Waals surface area contributed by atoms with Crippen molar-refractivity contribution in [2.45, 2.75) is 0 Å². The van der Waals surface area contributed by atoms with Crippen molar-refractivity contribution in [2.75, 3.05) is 48.8 Å². The second-order valence-corrected chi connectivity index (χ2v) is 5.08. The second kappa shape index (κ2) is 5.91. The number of methoxy groups -OCH3 is 1. The van der Waals surface area contributed by atoms with Gasteiger partial charge in [0.15, 0.2) is 0 Å². The van der Waals surface area contributed by atoms with Crippen LogP contribution in [0.2, 0.25) is 0 Å². The SMILES string of the molecule is COc1ccc(N2CCN(c3cccnc3N)CC2)cc1. The Morgan fingerprint density at radius 3 is 2.29 bits per heavy atom. The number of hydrogen-bond acceptors (Lipinski definition) is 5. The standard InChI is InChI=1S/C16H20N4O/c1-21-14-6-4-13(5-7-14)19-9-11-20(12-10-19)15-3-2-8-18-16(15)17/h2-8H,9-12H2,1H3,(H2,17,18). The van der Waals surface area contributed by atoms with Crippen LogP contribution in [0.3, 0.4) is 0 Å². The van der Waals surface area contributed by atoms with Crippen LogP contribution in [0.25, 0.3) is 0 Å². The highest BCUT2D eigenvalue weighted by Crippen LogP contribution is 2.24. The fourth-order valence-corrected chi connectivity index (χ4v) is 2.68. The Balaban J connectivity index is 1.66. The van der Waals surface area contributed by atoms with Crippen molar-refractivity contribution < 1.29 is 4.74 Å². The zero-order valence-corrected chi connectivity index (χ0v) is 12.2. The topological polar surface area (TPSA) is 54.6 Å². The van der Waals surface area contributed by atoms with Gasteiger partial charge in [0.1, 0.15) is 11.6 Å². The molecule has 2 heterocycles. The summed E-state index contributed by atoms with van der Waals surface area (Å²) in [6.45, 7) is 3.84. The molecule has 1 saturated heterocycles. The largest absolute Gasteiger partial charge is 0.497 e. The van der Waals surface area contributed by atoms with Crippen LogP contribution in [0.15, 0.2) is 42.6 Å². The van der Waals surface area contributed by atoms with Crippen molar-refractivity contribution in [2.24, 2.45) is 0 Å². The quantitative estimate of drug-likeness (QED) is 0.934. The first-order valence-corrected chi connectivity index (χ1v) is 7.12. The van der Waals surface area contributed by atoms with Crippen LogP contribution in [0.4, 0.5) is 17.2 Å². The fraction of sp³-hybridized carbons (Fsp3) is 0.312. The number of nitrogen functional groups attached to an aromatic ring is 1. The van der Waals surface area contributed by atoms with E-state index in [9.17, 15) is 0 Å². The van der Waals surface area contributed by atoms with Crippen molar-refractivity contribution >= 4 is 17.2 Å². The smallest absolute Gasteiger partial charge is 0.146 e. The molecule has 1 fully saturated rings. The molecule has 1 aromatic carbocycles. The average molecular weight is 284 g/mol. The van der Waals surface area contributed by atoms with Gasteiger partial charge in [-0.3, -0.25) is 0 Å². The van der Waals surface area contributed by atoms with Gasteiger partial charge in [0.2, 0.25) is 0 Å². The van der Waals surface area contributed by atoms with Crippen LogP contribution in [-0.4, -0.2) is 38.3 Å². The summed E-state index contributed by atoms with van der Waals surface area (Å²) in [5, 5.41) is 0. The summed E-state index contributed by atoms with van der Waals surface area (Å²) >= 11 is 0. The maximum Gasteiger partial charge on any atom is 0.146 e. The van der Waals surface area contributed by atoms with Crippen molar-refractivity contribution in [1.29, 1.82) is 0 Å². The van der Waals surface area contributed by atoms with Gasteiger partial charge >= 0.3 is 0 Å². The predicted octanol–water partition coefficient (Wildman–Crippen LogP) is 2.00. The number of aromatic nitrogens is 1. The number of ether oxygens (including phenoxy) is 1. The first-order valence-electron chi connectivity index (χ1n) is 7.12. The molecule has 3 rings (SSSR count). The van der Waals surface area contributed by atoms with Gasteiger partial charge in [-0.05, 0) is 36.4 Å². The molecule has 1 aromatic heterocycles. The Hall–Kier alpha value is -2.43. The van der Waals surface area contributed by atoms with Crippen LogP contribution >= 0.6 is 0 Å². The van der Waals surface area contributed by atoms with Crippen molar-refractivity contribution in [3.05, 3.63) is 42.6 Å². The molecule has 0 spiro atoms. The summed E-state index contributed by atoms with van der Waals surface area (Å²) < 4.78 is 5.20. The van der Waals surface area contributed by atoms with E-state index in [1.807, 2.05) is 24.3 Å². The number of benzene rings is 1. The first kappa shape index (κ1) is 13.5. The van der Waals surface area contributed by atoms with Gasteiger partial charge in [-0.25, -0.2) is 4.98 Å². The number of hydrogen-bond donors (Lipinski definition) is 1. The minimum absolute atomic E-state index is 0.607. The minimum atomic E-state index is 0.607. The maximum atomic E-state index is 5.95. The number of rotatable bonds is 3. The lowest BCUT2D eigenvalue weighted by atomic mass is 10.2. The van der Waals surface area contributed by atoms with Gasteiger partial charge in [0, 0.05) is 38.1 Å². The van der Waals surface area contributed by atoms with E-state index in [4.69, 9.17) is 10.5 Å². The highest BCUT2D eigenvalue weighted by atomic mass is 16.5. The lowest BCUT2D eigenvalue weighted by molar-refractivity contribution is 0.415. The minimum Gasteiger partial charge on any atom is -0.497 e. The molecule has 5 nitrogen and oxygen atoms in total. The molecule has 0 atom stereocenters. The van der Waals surface area contributed by atoms with E-state index in [1.165, 1.54) is 5.69 Å². The zero-order valence-electron chi connectivity index (χ0n) is 12.2. The van der Waals surface area contributed by atoms with E-state index in [-0.39, 0.29) is 0 Å². The van der Waals surface area contributed by atoms with E-state index in [1.54, 1.807) is 13.3 Å². The fourth-order valence-electron chi connectivity index (χ4n) is 2.68. The molecule has 5 heteroatoms. The third kappa shape index (κ3) is 2.86. The number of nitrogens with zero attached hydrogens (tertiary/aromatic N) is 3. The summed E-state index contributed by atoms with van der Waals surface area (Å²) in [5.74, 6) is 1.50. The van der Waals surface area contributed by atoms with E-state index in [0.29, 0.717) is 5.82 Å². The van der Waals surface area contributed by atoms with E-state index in [0.717, 1.165) is 37.6 Å². The number of anilines is 3. The van der Waals surface area contributed by atoms with E-state index >= 15 is 0 Å². The predicted molar refractivity (Wildman–Crippen MR) is 86.1 cm³/mol. The van der Waals surface area contributed by atoms with E-state index in [2.05, 4.69) is 26.9 Å². The van der Waals surface area contributed by atoms with Crippen molar-refractivity contribution in [1.82, 2.24) is 4.98 Å². The molecule has 2 N–H and O–H groups in total. The summed E-state index contributed by atoms with van der Waals surface area (Å²) in [4.78, 5) is 8.83. The molecule has 0 bridgehead atoms. The van der Waals surface area contributed by atoms with Gasteiger partial charge in [-0.2, -0.15) is 0 Å². The molecule has 0 saturated carbocycles. The molecule has 110 valence electrons. The highest BCUT2D eigenvalue weighted by Gasteiger charge is 2.19. The normalized spacial score (nSPS) is 15.1. The first-order chi connectivity index (χ1) is 10.3. The van der Waals surface area contributed by atoms with Gasteiger partial charge in [0.05, 0.1) is 12.8 Å². The highest BCUT2D eigenvalue weighted by molar-refractivity contribution is 5.64. The van der Waals surface area contributed by atoms with Gasteiger partial charge in [0.25, 0.3) is 0 Å². The third-order valence-electron chi connectivity index (χ3n) is 3.87. The van der Waals surface area contributed by atoms with Crippen molar-refractivity contribution in [3.8, 4) is 5.75 Å². The maximum absolute atomic E-state index is 5.95. The molecule has 0 radical (unpaired) electrons. The Labute approximate surface area is 125 Å². The molecular weight excluding hydrogens is 264 g/mol. The number of nitrogens with two attached hydrogens (primary N) is 1. The Morgan fingerprint density at radius 1 is 1.00 bits per heavy atom. The van der Waals surface area contributed by atoms with Crippen LogP contribution in [-0.2, 0) is 0 Å². The van der Waals surface area contributed by atoms with Crippen LogP contribution in [0, 0.1) is 0 Å². The summed E-state index contributed by atoms with van der Waals surface area (Å²) in [6, 6.07) is 12.2.